The van der Waals surface area contributed by atoms with Crippen LogP contribution in [0.2, 0.25) is 5.02 Å². The molecule has 0 radical (unpaired) electrons. The van der Waals surface area contributed by atoms with E-state index in [1.807, 2.05) is 0 Å². The minimum atomic E-state index is -3.49. The predicted octanol–water partition coefficient (Wildman–Crippen LogP) is 1.00. The van der Waals surface area contributed by atoms with Gasteiger partial charge in [-0.25, -0.2) is 8.42 Å². The Bertz CT molecular complexity index is 657. The Morgan fingerprint density at radius 3 is 2.70 bits per heavy atom. The van der Waals surface area contributed by atoms with Crippen LogP contribution in [0.25, 0.3) is 0 Å². The molecule has 1 heterocycles. The van der Waals surface area contributed by atoms with E-state index in [1.165, 1.54) is 0 Å². The van der Waals surface area contributed by atoms with Gasteiger partial charge in [0.25, 0.3) is 0 Å². The van der Waals surface area contributed by atoms with Crippen molar-refractivity contribution in [1.82, 2.24) is 10.6 Å². The second kappa shape index (κ2) is 7.51. The molecule has 0 spiro atoms. The highest BCUT2D eigenvalue weighted by atomic mass is 35.5. The number of ether oxygens (including phenoxy) is 1. The molecule has 1 aromatic rings. The van der Waals surface area contributed by atoms with E-state index in [9.17, 15) is 13.2 Å². The van der Waals surface area contributed by atoms with Crippen LogP contribution in [-0.4, -0.2) is 51.6 Å². The van der Waals surface area contributed by atoms with Gasteiger partial charge in [0.1, 0.15) is 12.4 Å². The van der Waals surface area contributed by atoms with E-state index < -0.39 is 20.5 Å². The summed E-state index contributed by atoms with van der Waals surface area (Å²) in [4.78, 5) is 12.4. The topological polar surface area (TPSA) is 84.5 Å². The van der Waals surface area contributed by atoms with Gasteiger partial charge >= 0.3 is 0 Å². The van der Waals surface area contributed by atoms with Gasteiger partial charge in [0.2, 0.25) is 5.91 Å². The van der Waals surface area contributed by atoms with Crippen molar-refractivity contribution in [2.75, 3.05) is 32.5 Å². The molecule has 6 nitrogen and oxygen atoms in total. The number of hydrogen-bond donors (Lipinski definition) is 2. The largest absolute Gasteiger partial charge is 0.492 e. The number of piperidine rings is 1. The molecule has 1 amide bonds. The normalized spacial score (nSPS) is 17.5. The van der Waals surface area contributed by atoms with Gasteiger partial charge in [-0.2, -0.15) is 0 Å². The van der Waals surface area contributed by atoms with Crippen molar-refractivity contribution >= 4 is 27.3 Å². The molecular formula is C15H21ClN2O4S. The third-order valence-corrected chi connectivity index (χ3v) is 6.24. The molecule has 2 rings (SSSR count). The summed E-state index contributed by atoms with van der Waals surface area (Å²) in [6, 6.07) is 6.94. The Morgan fingerprint density at radius 1 is 1.39 bits per heavy atom. The number of benzene rings is 1. The summed E-state index contributed by atoms with van der Waals surface area (Å²) in [6.07, 6.45) is 1.69. The molecule has 0 unspecified atom stereocenters. The zero-order valence-electron chi connectivity index (χ0n) is 13.0. The summed E-state index contributed by atoms with van der Waals surface area (Å²) in [6.45, 7) is 1.50. The van der Waals surface area contributed by atoms with Gasteiger partial charge in [-0.15, -0.1) is 0 Å². The van der Waals surface area contributed by atoms with Crippen molar-refractivity contribution in [3.05, 3.63) is 29.3 Å². The standard InChI is InChI=1S/C15H21ClN2O4S/c1-23(20,21)15(5-7-17-8-6-15)14(19)18-9-10-22-13-4-2-3-12(16)11-13/h2-4,11,17H,5-10H2,1H3,(H,18,19). The van der Waals surface area contributed by atoms with Crippen LogP contribution in [0.4, 0.5) is 0 Å². The van der Waals surface area contributed by atoms with E-state index >= 15 is 0 Å². The third-order valence-electron chi connectivity index (χ3n) is 3.99. The average Bonchev–Trinajstić information content (AvgIpc) is 2.51. The van der Waals surface area contributed by atoms with Crippen LogP contribution >= 0.6 is 11.6 Å². The van der Waals surface area contributed by atoms with Crippen LogP contribution in [-0.2, 0) is 14.6 Å². The van der Waals surface area contributed by atoms with Crippen LogP contribution in [0.3, 0.4) is 0 Å². The van der Waals surface area contributed by atoms with E-state index in [2.05, 4.69) is 10.6 Å². The number of amides is 1. The summed E-state index contributed by atoms with van der Waals surface area (Å²) in [5.41, 5.74) is 0. The van der Waals surface area contributed by atoms with Gasteiger partial charge in [-0.3, -0.25) is 4.79 Å². The molecule has 0 atom stereocenters. The monoisotopic (exact) mass is 360 g/mol. The number of carbonyl (C=O) groups excluding carboxylic acids is 1. The van der Waals surface area contributed by atoms with Crippen LogP contribution < -0.4 is 15.4 Å². The van der Waals surface area contributed by atoms with Crippen molar-refractivity contribution in [2.45, 2.75) is 17.6 Å². The maximum absolute atomic E-state index is 12.4. The van der Waals surface area contributed by atoms with Crippen molar-refractivity contribution in [1.29, 1.82) is 0 Å². The Kier molecular flexibility index (Phi) is 5.89. The molecule has 0 aromatic heterocycles. The summed E-state index contributed by atoms with van der Waals surface area (Å²) in [7, 11) is -3.49. The van der Waals surface area contributed by atoms with Gasteiger partial charge in [0.05, 0.1) is 6.54 Å². The fraction of sp³-hybridized carbons (Fsp3) is 0.533. The molecule has 1 aliphatic heterocycles. The van der Waals surface area contributed by atoms with Crippen LogP contribution in [0.15, 0.2) is 24.3 Å². The number of hydrogen-bond acceptors (Lipinski definition) is 5. The fourth-order valence-corrected chi connectivity index (χ4v) is 4.18. The maximum Gasteiger partial charge on any atom is 0.241 e. The van der Waals surface area contributed by atoms with Crippen LogP contribution in [0.5, 0.6) is 5.75 Å². The highest BCUT2D eigenvalue weighted by Gasteiger charge is 2.48. The van der Waals surface area contributed by atoms with Crippen molar-refractivity contribution in [3.63, 3.8) is 0 Å². The predicted molar refractivity (Wildman–Crippen MR) is 89.6 cm³/mol. The third kappa shape index (κ3) is 4.37. The van der Waals surface area contributed by atoms with Gasteiger partial charge in [0, 0.05) is 11.3 Å². The lowest BCUT2D eigenvalue weighted by molar-refractivity contribution is -0.124. The lowest BCUT2D eigenvalue weighted by Gasteiger charge is -2.34. The lowest BCUT2D eigenvalue weighted by atomic mass is 9.96. The molecule has 0 bridgehead atoms. The number of sulfone groups is 1. The molecule has 1 aliphatic rings. The SMILES string of the molecule is CS(=O)(=O)C1(C(=O)NCCOc2cccc(Cl)c2)CCNCC1. The quantitative estimate of drug-likeness (QED) is 0.739. The number of rotatable bonds is 6. The maximum atomic E-state index is 12.4. The van der Waals surface area contributed by atoms with Crippen molar-refractivity contribution in [2.24, 2.45) is 0 Å². The second-order valence-corrected chi connectivity index (χ2v) is 8.34. The van der Waals surface area contributed by atoms with Gasteiger partial charge in [-0.05, 0) is 44.1 Å². The molecule has 128 valence electrons. The Labute approximate surface area is 141 Å². The first kappa shape index (κ1) is 18.0. The summed E-state index contributed by atoms with van der Waals surface area (Å²) in [5, 5.41) is 6.33. The number of carbonyl (C=O) groups is 1. The van der Waals surface area contributed by atoms with Crippen molar-refractivity contribution < 1.29 is 17.9 Å². The molecule has 8 heteroatoms. The number of nitrogens with one attached hydrogen (secondary N) is 2. The average molecular weight is 361 g/mol. The first-order chi connectivity index (χ1) is 10.8. The summed E-state index contributed by atoms with van der Waals surface area (Å²) in [5.74, 6) is 0.155. The Hall–Kier alpha value is -1.31. The first-order valence-electron chi connectivity index (χ1n) is 7.42. The molecule has 0 saturated carbocycles. The van der Waals surface area contributed by atoms with E-state index in [4.69, 9.17) is 16.3 Å². The molecule has 1 saturated heterocycles. The zero-order valence-corrected chi connectivity index (χ0v) is 14.5. The lowest BCUT2D eigenvalue weighted by Crippen LogP contribution is -2.57. The van der Waals surface area contributed by atoms with Crippen LogP contribution in [0.1, 0.15) is 12.8 Å². The van der Waals surface area contributed by atoms with Gasteiger partial charge in [-0.1, -0.05) is 17.7 Å². The molecule has 0 aliphatic carbocycles. The first-order valence-corrected chi connectivity index (χ1v) is 9.69. The molecule has 23 heavy (non-hydrogen) atoms. The molecular weight excluding hydrogens is 340 g/mol. The van der Waals surface area contributed by atoms with Crippen molar-refractivity contribution in [3.8, 4) is 5.75 Å². The summed E-state index contributed by atoms with van der Waals surface area (Å²) >= 11 is 5.86. The van der Waals surface area contributed by atoms with E-state index in [0.29, 0.717) is 23.9 Å². The molecule has 1 fully saturated rings. The highest BCUT2D eigenvalue weighted by Crippen LogP contribution is 2.27. The zero-order chi connectivity index (χ0) is 16.9. The smallest absolute Gasteiger partial charge is 0.241 e. The minimum absolute atomic E-state index is 0.232. The van der Waals surface area contributed by atoms with E-state index in [1.54, 1.807) is 24.3 Å². The van der Waals surface area contributed by atoms with Gasteiger partial charge in [0.15, 0.2) is 14.6 Å². The molecule has 2 N–H and O–H groups in total. The summed E-state index contributed by atoms with van der Waals surface area (Å²) < 4.78 is 28.4. The highest BCUT2D eigenvalue weighted by molar-refractivity contribution is 7.92. The van der Waals surface area contributed by atoms with Crippen LogP contribution in [0, 0.1) is 0 Å². The molecule has 1 aromatic carbocycles. The Morgan fingerprint density at radius 2 is 2.09 bits per heavy atom. The number of halogens is 1. The van der Waals surface area contributed by atoms with E-state index in [0.717, 1.165) is 6.26 Å². The fourth-order valence-electron chi connectivity index (χ4n) is 2.65. The Balaban J connectivity index is 1.90. The minimum Gasteiger partial charge on any atom is -0.492 e. The van der Waals surface area contributed by atoms with E-state index in [-0.39, 0.29) is 26.0 Å². The van der Waals surface area contributed by atoms with Gasteiger partial charge < -0.3 is 15.4 Å². The second-order valence-electron chi connectivity index (χ2n) is 5.58.